The SMILES string of the molecule is C=C(C(N)CN1C[C@@H]2CC1C(=O)N2C(c1ccc(F)cc1)C(C)C)N1C(C#N)CC2CC21. The Kier molecular flexibility index (Phi) is 5.26. The number of fused-ring (bicyclic) bond motifs is 3. The molecule has 3 saturated heterocycles. The molecular formula is C25H32FN5O. The second-order valence-corrected chi connectivity index (χ2v) is 10.3. The third kappa shape index (κ3) is 3.41. The van der Waals surface area contributed by atoms with Gasteiger partial charge in [0.25, 0.3) is 0 Å². The zero-order chi connectivity index (χ0) is 22.7. The minimum atomic E-state index is -0.288. The topological polar surface area (TPSA) is 76.6 Å². The van der Waals surface area contributed by atoms with Gasteiger partial charge in [-0.3, -0.25) is 9.69 Å². The van der Waals surface area contributed by atoms with Crippen molar-refractivity contribution in [1.29, 1.82) is 5.26 Å². The number of nitriles is 1. The Hall–Kier alpha value is -2.43. The lowest BCUT2D eigenvalue weighted by Crippen LogP contribution is -2.55. The first-order valence-electron chi connectivity index (χ1n) is 11.7. The summed E-state index contributed by atoms with van der Waals surface area (Å²) in [5.74, 6) is 0.713. The summed E-state index contributed by atoms with van der Waals surface area (Å²) in [6.07, 6.45) is 2.85. The molecule has 0 radical (unpaired) electrons. The summed E-state index contributed by atoms with van der Waals surface area (Å²) in [4.78, 5) is 19.8. The van der Waals surface area contributed by atoms with Crippen molar-refractivity contribution in [3.05, 3.63) is 47.9 Å². The Labute approximate surface area is 189 Å². The van der Waals surface area contributed by atoms with Crippen LogP contribution in [0.15, 0.2) is 36.5 Å². The fourth-order valence-corrected chi connectivity index (χ4v) is 6.32. The number of piperidine rings is 1. The number of rotatable bonds is 7. The molecule has 1 aliphatic carbocycles. The smallest absolute Gasteiger partial charge is 0.240 e. The molecule has 6 nitrogen and oxygen atoms in total. The average Bonchev–Trinajstić information content (AvgIpc) is 3.10. The molecule has 6 unspecified atom stereocenters. The van der Waals surface area contributed by atoms with E-state index in [0.29, 0.717) is 18.5 Å². The first kappa shape index (κ1) is 21.4. The molecule has 0 spiro atoms. The monoisotopic (exact) mass is 437 g/mol. The minimum absolute atomic E-state index is 0.0586. The van der Waals surface area contributed by atoms with Gasteiger partial charge in [-0.1, -0.05) is 32.6 Å². The van der Waals surface area contributed by atoms with Crippen molar-refractivity contribution in [2.75, 3.05) is 13.1 Å². The Balaban J connectivity index is 1.27. The normalized spacial score (nSPS) is 32.9. The van der Waals surface area contributed by atoms with Gasteiger partial charge >= 0.3 is 0 Å². The largest absolute Gasteiger partial charge is 0.355 e. The number of hydrogen-bond acceptors (Lipinski definition) is 5. The van der Waals surface area contributed by atoms with Crippen LogP contribution >= 0.6 is 0 Å². The third-order valence-electron chi connectivity index (χ3n) is 7.90. The van der Waals surface area contributed by atoms with Crippen LogP contribution in [0.1, 0.15) is 44.7 Å². The Morgan fingerprint density at radius 1 is 1.28 bits per heavy atom. The number of piperazine rings is 1. The molecule has 7 heteroatoms. The second kappa shape index (κ2) is 7.86. The molecule has 2 bridgehead atoms. The number of carbonyl (C=O) groups is 1. The van der Waals surface area contributed by atoms with E-state index in [9.17, 15) is 14.4 Å². The van der Waals surface area contributed by atoms with Crippen molar-refractivity contribution in [1.82, 2.24) is 14.7 Å². The van der Waals surface area contributed by atoms with E-state index in [1.54, 1.807) is 12.1 Å². The van der Waals surface area contributed by atoms with Crippen molar-refractivity contribution in [3.8, 4) is 6.07 Å². The van der Waals surface area contributed by atoms with Gasteiger partial charge in [-0.15, -0.1) is 0 Å². The molecule has 3 aliphatic heterocycles. The lowest BCUT2D eigenvalue weighted by molar-refractivity contribution is -0.140. The molecular weight excluding hydrogens is 405 g/mol. The number of benzene rings is 1. The summed E-state index contributed by atoms with van der Waals surface area (Å²) >= 11 is 0. The number of amides is 1. The van der Waals surface area contributed by atoms with Crippen molar-refractivity contribution < 1.29 is 9.18 Å². The van der Waals surface area contributed by atoms with Crippen LogP contribution in [-0.4, -0.2) is 63.9 Å². The van der Waals surface area contributed by atoms with E-state index < -0.39 is 0 Å². The van der Waals surface area contributed by atoms with Crippen molar-refractivity contribution >= 4 is 5.91 Å². The molecule has 1 aromatic rings. The summed E-state index contributed by atoms with van der Waals surface area (Å²) in [5.41, 5.74) is 8.36. The molecule has 5 rings (SSSR count). The van der Waals surface area contributed by atoms with Gasteiger partial charge in [0.1, 0.15) is 11.9 Å². The summed E-state index contributed by atoms with van der Waals surface area (Å²) in [6, 6.07) is 8.86. The maximum atomic E-state index is 13.5. The summed E-state index contributed by atoms with van der Waals surface area (Å²) < 4.78 is 13.5. The highest BCUT2D eigenvalue weighted by molar-refractivity contribution is 5.86. The highest BCUT2D eigenvalue weighted by Gasteiger charge is 2.55. The third-order valence-corrected chi connectivity index (χ3v) is 7.90. The van der Waals surface area contributed by atoms with Gasteiger partial charge < -0.3 is 15.5 Å². The molecule has 0 aromatic heterocycles. The predicted molar refractivity (Wildman–Crippen MR) is 119 cm³/mol. The van der Waals surface area contributed by atoms with Crippen LogP contribution in [0.4, 0.5) is 4.39 Å². The van der Waals surface area contributed by atoms with Crippen LogP contribution in [0.3, 0.4) is 0 Å². The fourth-order valence-electron chi connectivity index (χ4n) is 6.32. The molecule has 4 fully saturated rings. The number of hydrogen-bond donors (Lipinski definition) is 1. The van der Waals surface area contributed by atoms with Crippen LogP contribution in [-0.2, 0) is 4.79 Å². The summed E-state index contributed by atoms with van der Waals surface area (Å²) in [5, 5.41) is 9.49. The van der Waals surface area contributed by atoms with Crippen LogP contribution < -0.4 is 5.73 Å². The fraction of sp³-hybridized carbons (Fsp3) is 0.600. The first-order chi connectivity index (χ1) is 15.3. The lowest BCUT2D eigenvalue weighted by Gasteiger charge is -2.42. The molecule has 32 heavy (non-hydrogen) atoms. The Morgan fingerprint density at radius 2 is 2.00 bits per heavy atom. The van der Waals surface area contributed by atoms with E-state index in [2.05, 4.69) is 36.3 Å². The number of nitrogens with two attached hydrogens (primary N) is 1. The maximum absolute atomic E-state index is 13.5. The predicted octanol–water partition coefficient (Wildman–Crippen LogP) is 2.64. The van der Waals surface area contributed by atoms with E-state index in [1.807, 2.05) is 4.90 Å². The zero-order valence-corrected chi connectivity index (χ0v) is 18.8. The highest BCUT2D eigenvalue weighted by atomic mass is 19.1. The first-order valence-corrected chi connectivity index (χ1v) is 11.7. The summed E-state index contributed by atoms with van der Waals surface area (Å²) in [6.45, 7) is 9.83. The average molecular weight is 438 g/mol. The zero-order valence-electron chi connectivity index (χ0n) is 18.8. The molecule has 1 aromatic carbocycles. The van der Waals surface area contributed by atoms with Gasteiger partial charge in [0.05, 0.1) is 24.2 Å². The second-order valence-electron chi connectivity index (χ2n) is 10.3. The summed E-state index contributed by atoms with van der Waals surface area (Å²) in [7, 11) is 0. The van der Waals surface area contributed by atoms with Crippen molar-refractivity contribution in [3.63, 3.8) is 0 Å². The molecule has 7 atom stereocenters. The molecule has 1 amide bonds. The van der Waals surface area contributed by atoms with Gasteiger partial charge in [-0.2, -0.15) is 5.26 Å². The Bertz CT molecular complexity index is 956. The van der Waals surface area contributed by atoms with Gasteiger partial charge in [-0.25, -0.2) is 4.39 Å². The molecule has 3 heterocycles. The van der Waals surface area contributed by atoms with Crippen LogP contribution in [0.25, 0.3) is 0 Å². The van der Waals surface area contributed by atoms with Crippen LogP contribution in [0.2, 0.25) is 0 Å². The molecule has 170 valence electrons. The highest BCUT2D eigenvalue weighted by Crippen LogP contribution is 2.49. The van der Waals surface area contributed by atoms with Crippen molar-refractivity contribution in [2.45, 2.75) is 69.4 Å². The number of carbonyl (C=O) groups excluding carboxylic acids is 1. The molecule has 4 aliphatic rings. The van der Waals surface area contributed by atoms with Gasteiger partial charge in [0, 0.05) is 30.9 Å². The quantitative estimate of drug-likeness (QED) is 0.710. The minimum Gasteiger partial charge on any atom is -0.355 e. The lowest BCUT2D eigenvalue weighted by atomic mass is 9.93. The number of halogens is 1. The van der Waals surface area contributed by atoms with E-state index in [-0.39, 0.29) is 47.9 Å². The van der Waals surface area contributed by atoms with Gasteiger partial charge in [0.15, 0.2) is 0 Å². The van der Waals surface area contributed by atoms with Crippen LogP contribution in [0, 0.1) is 29.0 Å². The maximum Gasteiger partial charge on any atom is 0.240 e. The molecule has 1 saturated carbocycles. The van der Waals surface area contributed by atoms with Crippen molar-refractivity contribution in [2.24, 2.45) is 17.6 Å². The Morgan fingerprint density at radius 3 is 2.62 bits per heavy atom. The number of nitrogens with zero attached hydrogens (tertiary/aromatic N) is 4. The number of likely N-dealkylation sites (tertiary alicyclic amines) is 3. The van der Waals surface area contributed by atoms with E-state index in [4.69, 9.17) is 5.73 Å². The van der Waals surface area contributed by atoms with E-state index in [1.165, 1.54) is 12.1 Å². The van der Waals surface area contributed by atoms with Crippen LogP contribution in [0.5, 0.6) is 0 Å². The standard InChI is InChI=1S/C25H32FN5O/c1-14(2)24(16-4-6-18(26)7-5-16)31-20-10-23(25(31)32)29(12-20)13-21(28)15(3)30-19(11-27)8-17-9-22(17)30/h4-7,14,17,19-24H,3,8-10,12-13,28H2,1-2H3/t17?,19?,20-,21?,22?,23?,24?/m0/s1. The van der Waals surface area contributed by atoms with Gasteiger partial charge in [-0.05, 0) is 48.8 Å². The van der Waals surface area contributed by atoms with Gasteiger partial charge in [0.2, 0.25) is 5.91 Å². The molecule has 2 N–H and O–H groups in total. The van der Waals surface area contributed by atoms with E-state index in [0.717, 1.165) is 37.1 Å². The van der Waals surface area contributed by atoms with E-state index >= 15 is 0 Å².